The molecule has 0 radical (unpaired) electrons. The third-order valence-electron chi connectivity index (χ3n) is 3.29. The number of nitrogens with zero attached hydrogens (tertiary/aromatic N) is 2. The molecular formula is C16H20N4O. The number of rotatable bonds is 5. The van der Waals surface area contributed by atoms with E-state index in [1.165, 1.54) is 0 Å². The van der Waals surface area contributed by atoms with Gasteiger partial charge in [0.2, 0.25) is 0 Å². The molecule has 0 spiro atoms. The van der Waals surface area contributed by atoms with E-state index in [4.69, 9.17) is 5.73 Å². The Morgan fingerprint density at radius 3 is 2.76 bits per heavy atom. The second-order valence-electron chi connectivity index (χ2n) is 4.69. The Labute approximate surface area is 124 Å². The molecule has 110 valence electrons. The Morgan fingerprint density at radius 2 is 2.14 bits per heavy atom. The standard InChI is InChI=1S/C16H20N4O/c1-3-20(11-13-6-4-5-9-19-13)15-10-12(17)7-8-14(15)16(21)18-2/h4-10H,3,11,17H2,1-2H3,(H,18,21). The minimum Gasteiger partial charge on any atom is -0.399 e. The van der Waals surface area contributed by atoms with Crippen molar-refractivity contribution < 1.29 is 4.79 Å². The second kappa shape index (κ2) is 6.74. The van der Waals surface area contributed by atoms with Gasteiger partial charge in [0, 0.05) is 25.5 Å². The van der Waals surface area contributed by atoms with Gasteiger partial charge < -0.3 is 16.0 Å². The minimum atomic E-state index is -0.121. The van der Waals surface area contributed by atoms with E-state index < -0.39 is 0 Å². The Morgan fingerprint density at radius 1 is 1.33 bits per heavy atom. The lowest BCUT2D eigenvalue weighted by Crippen LogP contribution is -2.27. The van der Waals surface area contributed by atoms with Crippen LogP contribution in [0.3, 0.4) is 0 Å². The highest BCUT2D eigenvalue weighted by molar-refractivity contribution is 6.00. The van der Waals surface area contributed by atoms with Crippen molar-refractivity contribution in [3.63, 3.8) is 0 Å². The van der Waals surface area contributed by atoms with Crippen LogP contribution in [0.4, 0.5) is 11.4 Å². The molecule has 0 fully saturated rings. The van der Waals surface area contributed by atoms with Crippen molar-refractivity contribution in [2.45, 2.75) is 13.5 Å². The van der Waals surface area contributed by atoms with E-state index in [2.05, 4.69) is 15.2 Å². The van der Waals surface area contributed by atoms with Gasteiger partial charge in [0.05, 0.1) is 23.5 Å². The Balaban J connectivity index is 2.37. The number of anilines is 2. The van der Waals surface area contributed by atoms with Crippen molar-refractivity contribution in [2.75, 3.05) is 24.2 Å². The highest BCUT2D eigenvalue weighted by atomic mass is 16.1. The summed E-state index contributed by atoms with van der Waals surface area (Å²) in [6, 6.07) is 11.1. The molecule has 5 nitrogen and oxygen atoms in total. The largest absolute Gasteiger partial charge is 0.399 e. The molecule has 0 aliphatic heterocycles. The summed E-state index contributed by atoms with van der Waals surface area (Å²) >= 11 is 0. The van der Waals surface area contributed by atoms with Crippen LogP contribution in [0.1, 0.15) is 23.0 Å². The minimum absolute atomic E-state index is 0.121. The fourth-order valence-corrected chi connectivity index (χ4v) is 2.19. The van der Waals surface area contributed by atoms with Gasteiger partial charge in [-0.1, -0.05) is 6.07 Å². The third kappa shape index (κ3) is 3.51. The van der Waals surface area contributed by atoms with Crippen molar-refractivity contribution in [1.82, 2.24) is 10.3 Å². The lowest BCUT2D eigenvalue weighted by Gasteiger charge is -2.25. The average molecular weight is 284 g/mol. The Bertz CT molecular complexity index is 613. The summed E-state index contributed by atoms with van der Waals surface area (Å²) in [5, 5.41) is 2.66. The van der Waals surface area contributed by atoms with E-state index >= 15 is 0 Å². The number of hydrogen-bond acceptors (Lipinski definition) is 4. The van der Waals surface area contributed by atoms with Crippen LogP contribution in [0, 0.1) is 0 Å². The summed E-state index contributed by atoms with van der Waals surface area (Å²) in [5.74, 6) is -0.121. The maximum Gasteiger partial charge on any atom is 0.253 e. The second-order valence-corrected chi connectivity index (χ2v) is 4.69. The normalized spacial score (nSPS) is 10.2. The molecule has 0 unspecified atom stereocenters. The predicted octanol–water partition coefficient (Wildman–Crippen LogP) is 2.05. The highest BCUT2D eigenvalue weighted by Crippen LogP contribution is 2.25. The van der Waals surface area contributed by atoms with E-state index in [0.717, 1.165) is 17.9 Å². The SMILES string of the molecule is CCN(Cc1ccccn1)c1cc(N)ccc1C(=O)NC. The molecule has 0 aliphatic rings. The van der Waals surface area contributed by atoms with Gasteiger partial charge in [-0.25, -0.2) is 0 Å². The highest BCUT2D eigenvalue weighted by Gasteiger charge is 2.16. The zero-order valence-corrected chi connectivity index (χ0v) is 12.3. The number of hydrogen-bond donors (Lipinski definition) is 2. The van der Waals surface area contributed by atoms with Gasteiger partial charge in [-0.05, 0) is 37.3 Å². The van der Waals surface area contributed by atoms with Gasteiger partial charge in [-0.2, -0.15) is 0 Å². The van der Waals surface area contributed by atoms with Crippen molar-refractivity contribution in [1.29, 1.82) is 0 Å². The van der Waals surface area contributed by atoms with Crippen molar-refractivity contribution in [3.05, 3.63) is 53.9 Å². The third-order valence-corrected chi connectivity index (χ3v) is 3.29. The number of nitrogens with one attached hydrogen (secondary N) is 1. The lowest BCUT2D eigenvalue weighted by atomic mass is 10.1. The van der Waals surface area contributed by atoms with Crippen LogP contribution < -0.4 is 16.0 Å². The van der Waals surface area contributed by atoms with Gasteiger partial charge >= 0.3 is 0 Å². The molecule has 2 rings (SSSR count). The monoisotopic (exact) mass is 284 g/mol. The van der Waals surface area contributed by atoms with E-state index in [1.807, 2.05) is 31.2 Å². The molecule has 2 aromatic rings. The first-order valence-electron chi connectivity index (χ1n) is 6.92. The summed E-state index contributed by atoms with van der Waals surface area (Å²) in [5.41, 5.74) is 8.90. The van der Waals surface area contributed by atoms with Crippen molar-refractivity contribution in [3.8, 4) is 0 Å². The van der Waals surface area contributed by atoms with E-state index in [9.17, 15) is 4.79 Å². The van der Waals surface area contributed by atoms with Crippen LogP contribution in [0.5, 0.6) is 0 Å². The van der Waals surface area contributed by atoms with Crippen LogP contribution in [0.25, 0.3) is 0 Å². The van der Waals surface area contributed by atoms with Gasteiger partial charge in [0.1, 0.15) is 0 Å². The maximum atomic E-state index is 12.0. The molecule has 0 bridgehead atoms. The number of benzene rings is 1. The van der Waals surface area contributed by atoms with Crippen LogP contribution in [0.2, 0.25) is 0 Å². The smallest absolute Gasteiger partial charge is 0.253 e. The van der Waals surface area contributed by atoms with Crippen LogP contribution in [0.15, 0.2) is 42.6 Å². The first-order valence-corrected chi connectivity index (χ1v) is 6.92. The topological polar surface area (TPSA) is 71.2 Å². The van der Waals surface area contributed by atoms with Crippen molar-refractivity contribution >= 4 is 17.3 Å². The predicted molar refractivity (Wildman–Crippen MR) is 85.2 cm³/mol. The average Bonchev–Trinajstić information content (AvgIpc) is 2.52. The fourth-order valence-electron chi connectivity index (χ4n) is 2.19. The summed E-state index contributed by atoms with van der Waals surface area (Å²) in [7, 11) is 1.62. The summed E-state index contributed by atoms with van der Waals surface area (Å²) in [6.07, 6.45) is 1.77. The van der Waals surface area contributed by atoms with E-state index in [-0.39, 0.29) is 5.91 Å². The molecule has 1 aromatic carbocycles. The number of amides is 1. The zero-order valence-electron chi connectivity index (χ0n) is 12.3. The molecule has 0 atom stereocenters. The quantitative estimate of drug-likeness (QED) is 0.824. The Hall–Kier alpha value is -2.56. The van der Waals surface area contributed by atoms with E-state index in [1.54, 1.807) is 25.4 Å². The molecular weight excluding hydrogens is 264 g/mol. The van der Waals surface area contributed by atoms with Crippen LogP contribution >= 0.6 is 0 Å². The fraction of sp³-hybridized carbons (Fsp3) is 0.250. The molecule has 21 heavy (non-hydrogen) atoms. The number of aromatic nitrogens is 1. The molecule has 1 heterocycles. The lowest BCUT2D eigenvalue weighted by molar-refractivity contribution is 0.0963. The van der Waals surface area contributed by atoms with Gasteiger partial charge in [-0.15, -0.1) is 0 Å². The number of nitrogens with two attached hydrogens (primary N) is 1. The molecule has 1 aromatic heterocycles. The molecule has 0 saturated heterocycles. The number of nitrogen functional groups attached to an aromatic ring is 1. The molecule has 1 amide bonds. The van der Waals surface area contributed by atoms with Crippen LogP contribution in [-0.2, 0) is 6.54 Å². The maximum absolute atomic E-state index is 12.0. The van der Waals surface area contributed by atoms with Crippen molar-refractivity contribution in [2.24, 2.45) is 0 Å². The van der Waals surface area contributed by atoms with E-state index in [0.29, 0.717) is 17.8 Å². The molecule has 3 N–H and O–H groups in total. The van der Waals surface area contributed by atoms with Gasteiger partial charge in [0.15, 0.2) is 0 Å². The first kappa shape index (κ1) is 14.8. The summed E-state index contributed by atoms with van der Waals surface area (Å²) in [6.45, 7) is 3.43. The molecule has 0 aliphatic carbocycles. The van der Waals surface area contributed by atoms with Gasteiger partial charge in [-0.3, -0.25) is 9.78 Å². The first-order chi connectivity index (χ1) is 10.2. The molecule has 5 heteroatoms. The van der Waals surface area contributed by atoms with Gasteiger partial charge in [0.25, 0.3) is 5.91 Å². The number of carbonyl (C=O) groups excluding carboxylic acids is 1. The number of carbonyl (C=O) groups is 1. The Kier molecular flexibility index (Phi) is 4.77. The zero-order chi connectivity index (χ0) is 15.2. The molecule has 0 saturated carbocycles. The summed E-state index contributed by atoms with van der Waals surface area (Å²) < 4.78 is 0. The van der Waals surface area contributed by atoms with Crippen LogP contribution in [-0.4, -0.2) is 24.5 Å². The number of pyridine rings is 1. The summed E-state index contributed by atoms with van der Waals surface area (Å²) in [4.78, 5) is 18.4.